The molecule has 0 aliphatic carbocycles. The van der Waals surface area contributed by atoms with Crippen LogP contribution in [0.3, 0.4) is 0 Å². The maximum atomic E-state index is 12.0. The minimum Gasteiger partial charge on any atom is -0.463 e. The quantitative estimate of drug-likeness (QED) is 0.832. The summed E-state index contributed by atoms with van der Waals surface area (Å²) in [4.78, 5) is 12.0. The van der Waals surface area contributed by atoms with Crippen LogP contribution in [0, 0.1) is 0 Å². The van der Waals surface area contributed by atoms with Crippen LogP contribution >= 0.6 is 0 Å². The van der Waals surface area contributed by atoms with Gasteiger partial charge in [0.25, 0.3) is 5.91 Å². The van der Waals surface area contributed by atoms with Crippen LogP contribution in [0.5, 0.6) is 11.5 Å². The molecule has 1 amide bonds. The number of hydrogen-bond donors (Lipinski definition) is 2. The molecule has 2 heterocycles. The molecule has 0 bridgehead atoms. The van der Waals surface area contributed by atoms with Crippen molar-refractivity contribution in [3.8, 4) is 11.5 Å². The second kappa shape index (κ2) is 5.00. The maximum absolute atomic E-state index is 12.0. The third kappa shape index (κ3) is 2.31. The third-order valence-corrected chi connectivity index (χ3v) is 2.78. The number of benzene rings is 1. The van der Waals surface area contributed by atoms with Crippen LogP contribution < -0.4 is 20.3 Å². The summed E-state index contributed by atoms with van der Waals surface area (Å²) in [6, 6.07) is 8.44. The first-order valence-corrected chi connectivity index (χ1v) is 5.93. The van der Waals surface area contributed by atoms with Crippen molar-refractivity contribution >= 4 is 11.6 Å². The molecule has 20 heavy (non-hydrogen) atoms. The molecule has 2 aromatic rings. The number of nitrogens with one attached hydrogen (secondary N) is 2. The molecule has 0 fully saturated rings. The van der Waals surface area contributed by atoms with Crippen molar-refractivity contribution in [3.05, 3.63) is 54.5 Å². The molecule has 6 heteroatoms. The Labute approximate surface area is 115 Å². The van der Waals surface area contributed by atoms with E-state index >= 15 is 0 Å². The number of carbonyl (C=O) groups is 1. The minimum atomic E-state index is -0.309. The van der Waals surface area contributed by atoms with Crippen molar-refractivity contribution in [2.75, 3.05) is 6.79 Å². The topological polar surface area (TPSA) is 72.7 Å². The minimum absolute atomic E-state index is 0.175. The highest BCUT2D eigenvalue weighted by atomic mass is 16.7. The molecule has 0 saturated carbocycles. The van der Waals surface area contributed by atoms with Gasteiger partial charge in [0.05, 0.1) is 12.0 Å². The predicted octanol–water partition coefficient (Wildman–Crippen LogP) is 1.91. The molecule has 0 unspecified atom stereocenters. The number of hydrogen-bond acceptors (Lipinski definition) is 5. The number of carbonyl (C=O) groups excluding carboxylic acids is 1. The SMILES string of the molecule is C=C(NNC(=O)c1ccc2c(c1)OCO2)c1ccco1. The van der Waals surface area contributed by atoms with E-state index in [9.17, 15) is 4.79 Å². The molecule has 2 N–H and O–H groups in total. The van der Waals surface area contributed by atoms with Crippen LogP contribution in [0.15, 0.2) is 47.6 Å². The van der Waals surface area contributed by atoms with Gasteiger partial charge in [0.15, 0.2) is 17.3 Å². The highest BCUT2D eigenvalue weighted by Crippen LogP contribution is 2.32. The lowest BCUT2D eigenvalue weighted by Crippen LogP contribution is -2.35. The summed E-state index contributed by atoms with van der Waals surface area (Å²) in [5, 5.41) is 0. The lowest BCUT2D eigenvalue weighted by atomic mass is 10.2. The van der Waals surface area contributed by atoms with Gasteiger partial charge in [-0.25, -0.2) is 0 Å². The van der Waals surface area contributed by atoms with E-state index in [-0.39, 0.29) is 12.7 Å². The van der Waals surface area contributed by atoms with Crippen LogP contribution in [0.25, 0.3) is 5.70 Å². The first-order valence-electron chi connectivity index (χ1n) is 5.93. The average molecular weight is 272 g/mol. The third-order valence-electron chi connectivity index (χ3n) is 2.78. The van der Waals surface area contributed by atoms with Gasteiger partial charge in [-0.2, -0.15) is 0 Å². The smallest absolute Gasteiger partial charge is 0.269 e. The molecule has 0 radical (unpaired) electrons. The summed E-state index contributed by atoms with van der Waals surface area (Å²) in [5.74, 6) is 1.43. The zero-order valence-corrected chi connectivity index (χ0v) is 10.5. The number of amides is 1. The Morgan fingerprint density at radius 3 is 2.80 bits per heavy atom. The second-order valence-electron chi connectivity index (χ2n) is 4.10. The second-order valence-corrected chi connectivity index (χ2v) is 4.10. The highest BCUT2D eigenvalue weighted by molar-refractivity contribution is 5.95. The van der Waals surface area contributed by atoms with E-state index in [4.69, 9.17) is 13.9 Å². The average Bonchev–Trinajstić information content (AvgIpc) is 3.13. The molecule has 3 rings (SSSR count). The zero-order valence-electron chi connectivity index (χ0n) is 10.5. The van der Waals surface area contributed by atoms with E-state index in [0.717, 1.165) is 0 Å². The standard InChI is InChI=1S/C14H12N2O4/c1-9(11-3-2-6-18-11)15-16-14(17)10-4-5-12-13(7-10)20-8-19-12/h2-7,15H,1,8H2,(H,16,17). The lowest BCUT2D eigenvalue weighted by molar-refractivity contribution is 0.0942. The van der Waals surface area contributed by atoms with Crippen LogP contribution in [0.2, 0.25) is 0 Å². The molecule has 0 atom stereocenters. The monoisotopic (exact) mass is 272 g/mol. The molecule has 1 aliphatic heterocycles. The van der Waals surface area contributed by atoms with Crippen LogP contribution in [-0.2, 0) is 0 Å². The van der Waals surface area contributed by atoms with Gasteiger partial charge in [-0.15, -0.1) is 0 Å². The summed E-state index contributed by atoms with van der Waals surface area (Å²) >= 11 is 0. The molecule has 6 nitrogen and oxygen atoms in total. The zero-order chi connectivity index (χ0) is 13.9. The van der Waals surface area contributed by atoms with Crippen molar-refractivity contribution in [1.29, 1.82) is 0 Å². The van der Waals surface area contributed by atoms with E-state index in [1.807, 2.05) is 0 Å². The molecule has 0 spiro atoms. The number of rotatable bonds is 4. The molecule has 0 saturated heterocycles. The van der Waals surface area contributed by atoms with Gasteiger partial charge in [-0.1, -0.05) is 6.58 Å². The summed E-state index contributed by atoms with van der Waals surface area (Å²) in [5.41, 5.74) is 6.14. The maximum Gasteiger partial charge on any atom is 0.269 e. The fourth-order valence-electron chi connectivity index (χ4n) is 1.75. The van der Waals surface area contributed by atoms with Gasteiger partial charge in [-0.3, -0.25) is 15.6 Å². The van der Waals surface area contributed by atoms with Gasteiger partial charge in [0, 0.05) is 5.56 Å². The van der Waals surface area contributed by atoms with E-state index < -0.39 is 0 Å². The van der Waals surface area contributed by atoms with E-state index in [1.165, 1.54) is 6.26 Å². The molecule has 102 valence electrons. The Bertz CT molecular complexity index is 649. The van der Waals surface area contributed by atoms with E-state index in [0.29, 0.717) is 28.5 Å². The number of furan rings is 1. The van der Waals surface area contributed by atoms with E-state index in [2.05, 4.69) is 17.4 Å². The van der Waals surface area contributed by atoms with Crippen LogP contribution in [-0.4, -0.2) is 12.7 Å². The normalized spacial score (nSPS) is 12.0. The van der Waals surface area contributed by atoms with Crippen LogP contribution in [0.4, 0.5) is 0 Å². The fraction of sp³-hybridized carbons (Fsp3) is 0.0714. The molecular formula is C14H12N2O4. The first-order chi connectivity index (χ1) is 9.74. The molecular weight excluding hydrogens is 260 g/mol. The van der Waals surface area contributed by atoms with Crippen molar-refractivity contribution < 1.29 is 18.7 Å². The number of fused-ring (bicyclic) bond motifs is 1. The summed E-state index contributed by atoms with van der Waals surface area (Å²) < 4.78 is 15.5. The van der Waals surface area contributed by atoms with Crippen LogP contribution in [0.1, 0.15) is 16.1 Å². The summed E-state index contributed by atoms with van der Waals surface area (Å²) in [6.07, 6.45) is 1.53. The molecule has 1 aromatic carbocycles. The Morgan fingerprint density at radius 2 is 2.00 bits per heavy atom. The summed E-state index contributed by atoms with van der Waals surface area (Å²) in [7, 11) is 0. The van der Waals surface area contributed by atoms with Crippen molar-refractivity contribution in [1.82, 2.24) is 10.9 Å². The van der Waals surface area contributed by atoms with Gasteiger partial charge >= 0.3 is 0 Å². The molecule has 1 aliphatic rings. The Hall–Kier alpha value is -2.89. The lowest BCUT2D eigenvalue weighted by Gasteiger charge is -2.09. The Balaban J connectivity index is 1.63. The van der Waals surface area contributed by atoms with Crippen molar-refractivity contribution in [2.24, 2.45) is 0 Å². The molecule has 1 aromatic heterocycles. The number of ether oxygens (including phenoxy) is 2. The largest absolute Gasteiger partial charge is 0.463 e. The number of hydrazine groups is 1. The Kier molecular flexibility index (Phi) is 3.04. The first kappa shape index (κ1) is 12.2. The van der Waals surface area contributed by atoms with Crippen molar-refractivity contribution in [2.45, 2.75) is 0 Å². The van der Waals surface area contributed by atoms with Gasteiger partial charge in [0.2, 0.25) is 6.79 Å². The van der Waals surface area contributed by atoms with Crippen molar-refractivity contribution in [3.63, 3.8) is 0 Å². The Morgan fingerprint density at radius 1 is 1.15 bits per heavy atom. The fourth-order valence-corrected chi connectivity index (χ4v) is 1.75. The predicted molar refractivity (Wildman–Crippen MR) is 70.9 cm³/mol. The van der Waals surface area contributed by atoms with E-state index in [1.54, 1.807) is 30.3 Å². The van der Waals surface area contributed by atoms with Gasteiger partial charge < -0.3 is 13.9 Å². The van der Waals surface area contributed by atoms with Gasteiger partial charge in [-0.05, 0) is 30.3 Å². The summed E-state index contributed by atoms with van der Waals surface area (Å²) in [6.45, 7) is 3.93. The highest BCUT2D eigenvalue weighted by Gasteiger charge is 2.16. The van der Waals surface area contributed by atoms with Gasteiger partial charge in [0.1, 0.15) is 0 Å².